The smallest absolute Gasteiger partial charge is 0.238 e. The fraction of sp³-hybridized carbons (Fsp3) is 0.238. The van der Waals surface area contributed by atoms with E-state index in [1.54, 1.807) is 35.3 Å². The number of rotatable bonds is 8. The number of anilines is 2. The summed E-state index contributed by atoms with van der Waals surface area (Å²) >= 11 is 5.01. The molecule has 51 heavy (non-hydrogen) atoms. The van der Waals surface area contributed by atoms with Crippen molar-refractivity contribution >= 4 is 70.3 Å². The highest BCUT2D eigenvalue weighted by Crippen LogP contribution is 2.54. The van der Waals surface area contributed by atoms with Crippen molar-refractivity contribution < 1.29 is 19.2 Å². The summed E-state index contributed by atoms with van der Waals surface area (Å²) in [5, 5.41) is 0. The first-order chi connectivity index (χ1) is 24.9. The zero-order valence-corrected chi connectivity index (χ0v) is 29.8. The largest absolute Gasteiger partial charge is 0.274 e. The van der Waals surface area contributed by atoms with E-state index in [0.717, 1.165) is 42.2 Å². The Morgan fingerprint density at radius 1 is 0.353 bits per heavy atom. The number of hydrogen-bond donors (Lipinski definition) is 0. The lowest BCUT2D eigenvalue weighted by molar-refractivity contribution is -0.124. The molecule has 9 heteroatoms. The van der Waals surface area contributed by atoms with E-state index in [2.05, 4.69) is 72.8 Å². The number of hydrogen-bond acceptors (Lipinski definition) is 7. The molecule has 6 nitrogen and oxygen atoms in total. The van der Waals surface area contributed by atoms with Gasteiger partial charge >= 0.3 is 0 Å². The Balaban J connectivity index is 0.736. The van der Waals surface area contributed by atoms with Gasteiger partial charge in [0.05, 0.1) is 35.0 Å². The van der Waals surface area contributed by atoms with Gasteiger partial charge < -0.3 is 0 Å². The third-order valence-electron chi connectivity index (χ3n) is 11.5. The number of amides is 4. The Morgan fingerprint density at radius 2 is 0.569 bits per heavy atom. The van der Waals surface area contributed by atoms with Crippen LogP contribution in [0.2, 0.25) is 0 Å². The van der Waals surface area contributed by atoms with Crippen LogP contribution in [0.25, 0.3) is 0 Å². The molecule has 0 radical (unpaired) electrons. The zero-order valence-electron chi connectivity index (χ0n) is 27.3. The van der Waals surface area contributed by atoms with Crippen LogP contribution in [0.5, 0.6) is 0 Å². The number of benzene rings is 4. The summed E-state index contributed by atoms with van der Waals surface area (Å²) in [5.41, 5.74) is 1.33. The molecule has 2 saturated carbocycles. The molecule has 4 bridgehead atoms. The number of nitrogens with zero attached hydrogens (tertiary/aromatic N) is 2. The highest BCUT2D eigenvalue weighted by molar-refractivity contribution is 8.00. The van der Waals surface area contributed by atoms with Gasteiger partial charge in [-0.15, -0.1) is 0 Å². The summed E-state index contributed by atoms with van der Waals surface area (Å²) in [6.07, 6.45) is 10.4. The van der Waals surface area contributed by atoms with E-state index in [4.69, 9.17) is 0 Å². The van der Waals surface area contributed by atoms with Gasteiger partial charge in [-0.1, -0.05) is 59.6 Å². The minimum Gasteiger partial charge on any atom is -0.274 e. The van der Waals surface area contributed by atoms with E-state index < -0.39 is 0 Å². The summed E-state index contributed by atoms with van der Waals surface area (Å²) in [6.45, 7) is 0. The molecule has 4 aliphatic carbocycles. The number of fused-ring (bicyclic) bond motifs is 10. The molecule has 8 atom stereocenters. The van der Waals surface area contributed by atoms with E-state index in [9.17, 15) is 19.2 Å². The van der Waals surface area contributed by atoms with Crippen molar-refractivity contribution in [2.45, 2.75) is 42.2 Å². The van der Waals surface area contributed by atoms with Crippen molar-refractivity contribution in [3.63, 3.8) is 0 Å². The van der Waals surface area contributed by atoms with E-state index in [1.807, 2.05) is 48.5 Å². The molecule has 252 valence electrons. The predicted octanol–water partition coefficient (Wildman–Crippen LogP) is 8.76. The van der Waals surface area contributed by atoms with Crippen LogP contribution >= 0.6 is 35.3 Å². The molecule has 2 heterocycles. The van der Waals surface area contributed by atoms with Gasteiger partial charge in [-0.3, -0.25) is 29.0 Å². The lowest BCUT2D eigenvalue weighted by Crippen LogP contribution is -2.32. The van der Waals surface area contributed by atoms with Crippen molar-refractivity contribution in [3.8, 4) is 0 Å². The number of imide groups is 2. The van der Waals surface area contributed by atoms with Crippen LogP contribution in [0.4, 0.5) is 11.4 Å². The lowest BCUT2D eigenvalue weighted by Gasteiger charge is -2.17. The molecule has 10 rings (SSSR count). The monoisotopic (exact) mass is 724 g/mol. The second kappa shape index (κ2) is 12.1. The molecular weight excluding hydrogens is 693 g/mol. The van der Waals surface area contributed by atoms with Gasteiger partial charge in [0.2, 0.25) is 23.6 Å². The highest BCUT2D eigenvalue weighted by atomic mass is 32.2. The van der Waals surface area contributed by atoms with Gasteiger partial charge in [-0.05, 0) is 134 Å². The van der Waals surface area contributed by atoms with Crippen molar-refractivity contribution in [3.05, 3.63) is 121 Å². The lowest BCUT2D eigenvalue weighted by atomic mass is 9.85. The van der Waals surface area contributed by atoms with Crippen LogP contribution in [0.1, 0.15) is 12.8 Å². The molecular formula is C42H32N2O4S3. The van der Waals surface area contributed by atoms with Crippen LogP contribution in [0.3, 0.4) is 0 Å². The van der Waals surface area contributed by atoms with Crippen LogP contribution in [0, 0.1) is 47.3 Å². The van der Waals surface area contributed by atoms with Crippen LogP contribution in [-0.4, -0.2) is 23.6 Å². The minimum atomic E-state index is -0.185. The molecule has 4 fully saturated rings. The standard InChI is InChI=1S/C42H32N2O4S3/c45-39-35-23-1-2-24(21-23)36(35)40(46)43(39)27-5-9-29(10-6-27)49-31-13-17-33(18-14-31)51-34-19-15-32(16-20-34)50-30-11-7-28(8-12-30)44-41(47)37-25-3-4-26(22-25)38(37)42(44)48/h1-20,23-26,35-38H,21-22H2/t23-,24-,25-,26+,35-,36+,37-,38-/m0/s1. The molecule has 0 spiro atoms. The average molecular weight is 725 g/mol. The third kappa shape index (κ3) is 5.19. The van der Waals surface area contributed by atoms with Crippen LogP contribution in [-0.2, 0) is 19.2 Å². The zero-order chi connectivity index (χ0) is 34.4. The summed E-state index contributed by atoms with van der Waals surface area (Å²) < 4.78 is 0. The third-order valence-corrected chi connectivity index (χ3v) is 14.5. The fourth-order valence-electron chi connectivity index (χ4n) is 9.20. The second-order valence-corrected chi connectivity index (χ2v) is 17.7. The number of carbonyl (C=O) groups excluding carboxylic acids is 4. The SMILES string of the molecule is O=C1[C@@H]2[C@@H](C(=O)N1c1ccc(Sc3ccc(Sc4ccc(Sc5ccc(N6C(=O)[C@@H]7[C@H](C6=O)[C@H]6C=C[C@H]7C6)cc5)cc4)cc3)cc1)[C@H]1C=C[C@@H]2C1. The summed E-state index contributed by atoms with van der Waals surface area (Å²) in [6, 6.07) is 32.4. The van der Waals surface area contributed by atoms with Crippen molar-refractivity contribution in [2.75, 3.05) is 9.80 Å². The maximum Gasteiger partial charge on any atom is 0.238 e. The molecule has 0 aromatic heterocycles. The minimum absolute atomic E-state index is 0.0448. The molecule has 4 amide bonds. The Bertz CT molecular complexity index is 1950. The van der Waals surface area contributed by atoms with E-state index in [1.165, 1.54) is 9.80 Å². The van der Waals surface area contributed by atoms with Crippen molar-refractivity contribution in [2.24, 2.45) is 47.3 Å². The summed E-state index contributed by atoms with van der Waals surface area (Å²) in [7, 11) is 0. The van der Waals surface area contributed by atoms with Gasteiger partial charge in [0, 0.05) is 29.4 Å². The molecule has 0 unspecified atom stereocenters. The maximum absolute atomic E-state index is 13.2. The van der Waals surface area contributed by atoms with Gasteiger partial charge in [0.15, 0.2) is 0 Å². The molecule has 6 aliphatic rings. The molecule has 2 saturated heterocycles. The van der Waals surface area contributed by atoms with E-state index >= 15 is 0 Å². The summed E-state index contributed by atoms with van der Waals surface area (Å²) in [4.78, 5) is 62.1. The Kier molecular flexibility index (Phi) is 7.48. The molecule has 0 N–H and O–H groups in total. The number of carbonyl (C=O) groups is 4. The van der Waals surface area contributed by atoms with Gasteiger partial charge in [0.25, 0.3) is 0 Å². The Labute approximate surface area is 308 Å². The topological polar surface area (TPSA) is 74.8 Å². The molecule has 4 aromatic carbocycles. The Hall–Kier alpha value is -4.31. The first-order valence-corrected chi connectivity index (χ1v) is 19.9. The highest BCUT2D eigenvalue weighted by Gasteiger charge is 2.60. The summed E-state index contributed by atoms with van der Waals surface area (Å²) in [5.74, 6) is -0.0722. The Morgan fingerprint density at radius 3 is 0.804 bits per heavy atom. The van der Waals surface area contributed by atoms with E-state index in [-0.39, 0.29) is 71.0 Å². The van der Waals surface area contributed by atoms with Crippen molar-refractivity contribution in [1.82, 2.24) is 0 Å². The fourth-order valence-corrected chi connectivity index (χ4v) is 11.6. The van der Waals surface area contributed by atoms with Crippen molar-refractivity contribution in [1.29, 1.82) is 0 Å². The second-order valence-electron chi connectivity index (χ2n) is 14.3. The van der Waals surface area contributed by atoms with E-state index in [0.29, 0.717) is 11.4 Å². The normalized spacial score (nSPS) is 29.6. The molecule has 4 aromatic rings. The average Bonchev–Trinajstić information content (AvgIpc) is 4.01. The number of allylic oxidation sites excluding steroid dienone is 4. The molecule has 2 aliphatic heterocycles. The van der Waals surface area contributed by atoms with Gasteiger partial charge in [-0.2, -0.15) is 0 Å². The first kappa shape index (κ1) is 31.4. The quantitative estimate of drug-likeness (QED) is 0.133. The first-order valence-electron chi connectivity index (χ1n) is 17.5. The maximum atomic E-state index is 13.2. The van der Waals surface area contributed by atoms with Crippen LogP contribution in [0.15, 0.2) is 151 Å². The predicted molar refractivity (Wildman–Crippen MR) is 199 cm³/mol. The van der Waals surface area contributed by atoms with Crippen LogP contribution < -0.4 is 9.80 Å². The van der Waals surface area contributed by atoms with Gasteiger partial charge in [-0.25, -0.2) is 0 Å². The van der Waals surface area contributed by atoms with Gasteiger partial charge in [0.1, 0.15) is 0 Å².